The van der Waals surface area contributed by atoms with Crippen molar-refractivity contribution in [2.45, 2.75) is 76.8 Å². The maximum atomic E-state index is 14.8. The van der Waals surface area contributed by atoms with Crippen LogP contribution >= 0.6 is 7.29 Å². The first-order valence-electron chi connectivity index (χ1n) is 10.4. The van der Waals surface area contributed by atoms with E-state index in [4.69, 9.17) is 0 Å². The van der Waals surface area contributed by atoms with Gasteiger partial charge < -0.3 is 4.57 Å². The summed E-state index contributed by atoms with van der Waals surface area (Å²) < 4.78 is 17.2. The van der Waals surface area contributed by atoms with Gasteiger partial charge in [-0.2, -0.15) is 0 Å². The maximum Gasteiger partial charge on any atom is 0.157 e. The summed E-state index contributed by atoms with van der Waals surface area (Å²) in [4.78, 5) is 0. The van der Waals surface area contributed by atoms with Crippen LogP contribution < -0.4 is 0 Å². The molecule has 2 nitrogen and oxygen atoms in total. The minimum atomic E-state index is -2.51. The van der Waals surface area contributed by atoms with Gasteiger partial charge >= 0.3 is 0 Å². The molecule has 0 N–H and O–H groups in total. The quantitative estimate of drug-likeness (QED) is 0.516. The van der Waals surface area contributed by atoms with Crippen LogP contribution in [0.3, 0.4) is 0 Å². The molecule has 0 bridgehead atoms. The summed E-state index contributed by atoms with van der Waals surface area (Å²) in [5.74, 6) is 0. The number of nitrogens with zero attached hydrogens (tertiary/aromatic N) is 1. The Morgan fingerprint density at radius 2 is 1.15 bits per heavy atom. The molecule has 0 radical (unpaired) electrons. The van der Waals surface area contributed by atoms with E-state index in [0.717, 1.165) is 25.7 Å². The molecule has 1 aliphatic heterocycles. The lowest BCUT2D eigenvalue weighted by Gasteiger charge is -2.42. The molecule has 0 spiro atoms. The van der Waals surface area contributed by atoms with Gasteiger partial charge in [0.25, 0.3) is 0 Å². The molecule has 2 atom stereocenters. The third-order valence-electron chi connectivity index (χ3n) is 5.93. The fourth-order valence-electron chi connectivity index (χ4n) is 4.99. The van der Waals surface area contributed by atoms with Gasteiger partial charge in [0.05, 0.1) is 0 Å². The average molecular weight is 384 g/mol. The van der Waals surface area contributed by atoms with Gasteiger partial charge in [0.15, 0.2) is 7.29 Å². The molecule has 1 aliphatic rings. The van der Waals surface area contributed by atoms with Crippen molar-refractivity contribution in [3.8, 4) is 0 Å². The Balaban J connectivity index is 1.94. The molecule has 2 aromatic carbocycles. The normalized spacial score (nSPS) is 22.0. The van der Waals surface area contributed by atoms with Gasteiger partial charge in [-0.05, 0) is 64.5 Å². The molecule has 146 valence electrons. The molecule has 0 unspecified atom stereocenters. The van der Waals surface area contributed by atoms with E-state index in [1.54, 1.807) is 0 Å². The lowest BCUT2D eigenvalue weighted by molar-refractivity contribution is 0.293. The Morgan fingerprint density at radius 1 is 0.778 bits per heavy atom. The molecule has 0 aliphatic carbocycles. The Bertz CT molecular complexity index is 695. The summed E-state index contributed by atoms with van der Waals surface area (Å²) in [5.41, 5.74) is 3.16. The molecule has 3 rings (SSSR count). The van der Waals surface area contributed by atoms with Crippen LogP contribution in [-0.2, 0) is 17.4 Å². The highest BCUT2D eigenvalue weighted by atomic mass is 31.2. The average Bonchev–Trinajstić information content (AvgIpc) is 2.92. The second-order valence-corrected chi connectivity index (χ2v) is 11.8. The van der Waals surface area contributed by atoms with Crippen molar-refractivity contribution in [2.75, 3.05) is 0 Å². The standard InChI is InChI=1S/C24H34NOP/c1-19(2)25(20(3)4)27(26)23(17-21-11-7-5-8-12-21)15-16-24(27)18-22-13-9-6-10-14-22/h5-14,19-20,23-24H,15-18H2,1-4H3/t23-,24-/m0/s1. The predicted molar refractivity (Wildman–Crippen MR) is 117 cm³/mol. The van der Waals surface area contributed by atoms with Gasteiger partial charge in [0.1, 0.15) is 0 Å². The van der Waals surface area contributed by atoms with Gasteiger partial charge in [-0.15, -0.1) is 0 Å². The van der Waals surface area contributed by atoms with Crippen molar-refractivity contribution >= 4 is 7.29 Å². The Morgan fingerprint density at radius 3 is 1.48 bits per heavy atom. The molecule has 0 amide bonds. The van der Waals surface area contributed by atoms with Crippen LogP contribution in [0.15, 0.2) is 60.7 Å². The molecule has 1 saturated heterocycles. The number of hydrogen-bond donors (Lipinski definition) is 0. The van der Waals surface area contributed by atoms with Crippen molar-refractivity contribution in [1.82, 2.24) is 4.67 Å². The first-order chi connectivity index (χ1) is 12.9. The zero-order valence-electron chi connectivity index (χ0n) is 17.2. The van der Waals surface area contributed by atoms with Crippen molar-refractivity contribution in [3.63, 3.8) is 0 Å². The Hall–Kier alpha value is -1.37. The van der Waals surface area contributed by atoms with Gasteiger partial charge in [-0.25, -0.2) is 4.67 Å². The molecule has 2 aromatic rings. The maximum absolute atomic E-state index is 14.8. The topological polar surface area (TPSA) is 20.3 Å². The second-order valence-electron chi connectivity index (χ2n) is 8.50. The first kappa shape index (κ1) is 20.4. The summed E-state index contributed by atoms with van der Waals surface area (Å²) in [7, 11) is -2.51. The fraction of sp³-hybridized carbons (Fsp3) is 0.500. The molecule has 0 aromatic heterocycles. The third kappa shape index (κ3) is 4.39. The lowest BCUT2D eigenvalue weighted by Crippen LogP contribution is -2.39. The van der Waals surface area contributed by atoms with E-state index in [9.17, 15) is 4.57 Å². The van der Waals surface area contributed by atoms with Crippen LogP contribution in [0.1, 0.15) is 51.7 Å². The van der Waals surface area contributed by atoms with Crippen LogP contribution in [0, 0.1) is 0 Å². The number of benzene rings is 2. The van der Waals surface area contributed by atoms with Crippen LogP contribution in [0.25, 0.3) is 0 Å². The molecular weight excluding hydrogens is 349 g/mol. The van der Waals surface area contributed by atoms with Crippen LogP contribution in [0.2, 0.25) is 0 Å². The largest absolute Gasteiger partial charge is 0.306 e. The van der Waals surface area contributed by atoms with E-state index < -0.39 is 7.29 Å². The zero-order valence-corrected chi connectivity index (χ0v) is 18.1. The third-order valence-corrected chi connectivity index (χ3v) is 10.5. The van der Waals surface area contributed by atoms with E-state index >= 15 is 0 Å². The highest BCUT2D eigenvalue weighted by molar-refractivity contribution is 7.63. The van der Waals surface area contributed by atoms with Crippen LogP contribution in [0.4, 0.5) is 0 Å². The molecule has 27 heavy (non-hydrogen) atoms. The van der Waals surface area contributed by atoms with Crippen LogP contribution in [-0.4, -0.2) is 28.1 Å². The minimum Gasteiger partial charge on any atom is -0.306 e. The Kier molecular flexibility index (Phi) is 6.61. The lowest BCUT2D eigenvalue weighted by atomic mass is 10.0. The SMILES string of the molecule is CC(C)N(C(C)C)P1(=O)[C@H](Cc2ccccc2)CC[C@H]1Cc1ccccc1. The molecule has 3 heteroatoms. The van der Waals surface area contributed by atoms with Crippen molar-refractivity contribution in [3.05, 3.63) is 71.8 Å². The summed E-state index contributed by atoms with van der Waals surface area (Å²) in [6.07, 6.45) is 4.00. The van der Waals surface area contributed by atoms with E-state index in [1.165, 1.54) is 11.1 Å². The monoisotopic (exact) mass is 383 g/mol. The molecule has 1 heterocycles. The highest BCUT2D eigenvalue weighted by Crippen LogP contribution is 2.68. The molecule has 1 fully saturated rings. The summed E-state index contributed by atoms with van der Waals surface area (Å²) in [6, 6.07) is 21.8. The molecular formula is C24H34NOP. The Labute approximate surface area is 165 Å². The highest BCUT2D eigenvalue weighted by Gasteiger charge is 2.51. The summed E-state index contributed by atoms with van der Waals surface area (Å²) in [6.45, 7) is 8.82. The second kappa shape index (κ2) is 8.76. The fourth-order valence-corrected chi connectivity index (χ4v) is 9.76. The van der Waals surface area contributed by atoms with E-state index in [0.29, 0.717) is 12.1 Å². The molecule has 0 saturated carbocycles. The van der Waals surface area contributed by atoms with Crippen LogP contribution in [0.5, 0.6) is 0 Å². The van der Waals surface area contributed by atoms with Crippen molar-refractivity contribution < 1.29 is 4.57 Å². The van der Waals surface area contributed by atoms with Gasteiger partial charge in [-0.1, -0.05) is 60.7 Å². The minimum absolute atomic E-state index is 0.262. The first-order valence-corrected chi connectivity index (χ1v) is 12.2. The van der Waals surface area contributed by atoms with E-state index in [1.807, 2.05) is 0 Å². The summed E-state index contributed by atoms with van der Waals surface area (Å²) >= 11 is 0. The van der Waals surface area contributed by atoms with Crippen molar-refractivity contribution in [2.24, 2.45) is 0 Å². The summed E-state index contributed by atoms with van der Waals surface area (Å²) in [5, 5.41) is 0. The van der Waals surface area contributed by atoms with Crippen molar-refractivity contribution in [1.29, 1.82) is 0 Å². The van der Waals surface area contributed by atoms with Gasteiger partial charge in [0, 0.05) is 23.4 Å². The zero-order chi connectivity index (χ0) is 19.4. The van der Waals surface area contributed by atoms with Gasteiger partial charge in [-0.3, -0.25) is 0 Å². The van der Waals surface area contributed by atoms with Gasteiger partial charge in [0.2, 0.25) is 0 Å². The predicted octanol–water partition coefficient (Wildman–Crippen LogP) is 6.40. The smallest absolute Gasteiger partial charge is 0.157 e. The number of rotatable bonds is 7. The van der Waals surface area contributed by atoms with E-state index in [2.05, 4.69) is 93.0 Å². The number of hydrogen-bond acceptors (Lipinski definition) is 1. The van der Waals surface area contributed by atoms with E-state index in [-0.39, 0.29) is 11.3 Å².